The van der Waals surface area contributed by atoms with Gasteiger partial charge in [-0.25, -0.2) is 5.43 Å². The first kappa shape index (κ1) is 21.3. The maximum atomic E-state index is 12.2. The predicted octanol–water partition coefficient (Wildman–Crippen LogP) is 4.23. The number of fused-ring (bicyclic) bond motifs is 1. The molecule has 6 nitrogen and oxygen atoms in total. The summed E-state index contributed by atoms with van der Waals surface area (Å²) >= 11 is 5.84. The minimum absolute atomic E-state index is 0.00164. The summed E-state index contributed by atoms with van der Waals surface area (Å²) in [6.07, 6.45) is 1.57. The standard InChI is InChI=1S/C23H22ClN3O3/c1-14(2)22(29)25-12-16-7-8-17(19-6-4-3-5-18(16)19)13-26-27-23(30)15-9-10-21(28)20(24)11-15/h3-11,13-14,28H,12H2,1-2H3,(H,25,29)(H,27,30). The Kier molecular flexibility index (Phi) is 6.69. The zero-order valence-electron chi connectivity index (χ0n) is 16.6. The molecule has 0 heterocycles. The van der Waals surface area contributed by atoms with E-state index in [1.54, 1.807) is 6.21 Å². The number of carbonyl (C=O) groups is 2. The van der Waals surface area contributed by atoms with E-state index in [1.807, 2.05) is 50.2 Å². The number of amides is 2. The second-order valence-corrected chi connectivity index (χ2v) is 7.50. The normalized spacial score (nSPS) is 11.2. The van der Waals surface area contributed by atoms with Crippen molar-refractivity contribution in [2.45, 2.75) is 20.4 Å². The summed E-state index contributed by atoms with van der Waals surface area (Å²) in [5, 5.41) is 18.5. The van der Waals surface area contributed by atoms with E-state index >= 15 is 0 Å². The SMILES string of the molecule is CC(C)C(=O)NCc1ccc(C=NNC(=O)c2ccc(O)c(Cl)c2)c2ccccc12. The number of hydrogen-bond acceptors (Lipinski definition) is 4. The molecule has 0 fully saturated rings. The molecule has 2 amide bonds. The molecule has 154 valence electrons. The maximum Gasteiger partial charge on any atom is 0.271 e. The number of phenols is 1. The fourth-order valence-electron chi connectivity index (χ4n) is 2.91. The minimum atomic E-state index is -0.439. The molecule has 0 spiro atoms. The lowest BCUT2D eigenvalue weighted by atomic mass is 10.00. The largest absolute Gasteiger partial charge is 0.506 e. The molecule has 0 atom stereocenters. The van der Waals surface area contributed by atoms with Crippen LogP contribution < -0.4 is 10.7 Å². The van der Waals surface area contributed by atoms with Crippen LogP contribution in [-0.4, -0.2) is 23.1 Å². The van der Waals surface area contributed by atoms with Gasteiger partial charge >= 0.3 is 0 Å². The second-order valence-electron chi connectivity index (χ2n) is 7.10. The van der Waals surface area contributed by atoms with Gasteiger partial charge in [0.15, 0.2) is 0 Å². The molecule has 0 unspecified atom stereocenters. The number of phenolic OH excluding ortho intramolecular Hbond substituents is 1. The minimum Gasteiger partial charge on any atom is -0.506 e. The number of hydrazone groups is 1. The van der Waals surface area contributed by atoms with E-state index in [2.05, 4.69) is 15.8 Å². The number of aromatic hydroxyl groups is 1. The Labute approximate surface area is 179 Å². The Hall–Kier alpha value is -3.38. The van der Waals surface area contributed by atoms with E-state index < -0.39 is 5.91 Å². The fourth-order valence-corrected chi connectivity index (χ4v) is 3.09. The van der Waals surface area contributed by atoms with Crippen molar-refractivity contribution in [3.8, 4) is 5.75 Å². The molecule has 30 heavy (non-hydrogen) atoms. The predicted molar refractivity (Wildman–Crippen MR) is 119 cm³/mol. The third kappa shape index (κ3) is 4.96. The van der Waals surface area contributed by atoms with E-state index in [1.165, 1.54) is 18.2 Å². The lowest BCUT2D eigenvalue weighted by molar-refractivity contribution is -0.124. The van der Waals surface area contributed by atoms with Gasteiger partial charge in [0.25, 0.3) is 5.91 Å². The molecule has 0 saturated heterocycles. The quantitative estimate of drug-likeness (QED) is 0.409. The van der Waals surface area contributed by atoms with Crippen LogP contribution in [0.1, 0.15) is 35.3 Å². The zero-order chi connectivity index (χ0) is 21.7. The van der Waals surface area contributed by atoms with Crippen LogP contribution in [0, 0.1) is 5.92 Å². The van der Waals surface area contributed by atoms with E-state index in [0.717, 1.165) is 21.9 Å². The summed E-state index contributed by atoms with van der Waals surface area (Å²) in [6.45, 7) is 4.15. The van der Waals surface area contributed by atoms with E-state index in [9.17, 15) is 14.7 Å². The number of hydrogen-bond donors (Lipinski definition) is 3. The number of nitrogens with one attached hydrogen (secondary N) is 2. The van der Waals surface area contributed by atoms with Crippen LogP contribution in [0.15, 0.2) is 59.7 Å². The molecule has 3 N–H and O–H groups in total. The van der Waals surface area contributed by atoms with Crippen LogP contribution >= 0.6 is 11.6 Å². The van der Waals surface area contributed by atoms with Crippen LogP contribution in [0.3, 0.4) is 0 Å². The topological polar surface area (TPSA) is 90.8 Å². The lowest BCUT2D eigenvalue weighted by Crippen LogP contribution is -2.27. The average Bonchev–Trinajstić information content (AvgIpc) is 2.74. The van der Waals surface area contributed by atoms with Gasteiger partial charge in [0, 0.05) is 23.6 Å². The fraction of sp³-hybridized carbons (Fsp3) is 0.174. The molecule has 3 aromatic rings. The number of nitrogens with zero attached hydrogens (tertiary/aromatic N) is 1. The molecular weight excluding hydrogens is 402 g/mol. The van der Waals surface area contributed by atoms with Crippen molar-refractivity contribution in [2.75, 3.05) is 0 Å². The molecule has 0 saturated carbocycles. The number of carbonyl (C=O) groups excluding carboxylic acids is 2. The first-order valence-corrected chi connectivity index (χ1v) is 9.85. The first-order valence-electron chi connectivity index (χ1n) is 9.47. The molecule has 0 aliphatic carbocycles. The Morgan fingerprint density at radius 1 is 1.10 bits per heavy atom. The van der Waals surface area contributed by atoms with Crippen molar-refractivity contribution in [1.29, 1.82) is 0 Å². The third-order valence-electron chi connectivity index (χ3n) is 4.61. The van der Waals surface area contributed by atoms with Gasteiger partial charge in [-0.1, -0.05) is 61.8 Å². The van der Waals surface area contributed by atoms with E-state index in [0.29, 0.717) is 6.54 Å². The summed E-state index contributed by atoms with van der Waals surface area (Å²) in [5.74, 6) is -0.602. The number of halogens is 1. The van der Waals surface area contributed by atoms with E-state index in [4.69, 9.17) is 11.6 Å². The molecule has 0 bridgehead atoms. The molecular formula is C23H22ClN3O3. The molecule has 7 heteroatoms. The summed E-state index contributed by atoms with van der Waals surface area (Å²) in [7, 11) is 0. The van der Waals surface area contributed by atoms with Crippen molar-refractivity contribution >= 4 is 40.4 Å². The Morgan fingerprint density at radius 2 is 1.83 bits per heavy atom. The van der Waals surface area contributed by atoms with Crippen molar-refractivity contribution in [3.05, 3.63) is 76.3 Å². The van der Waals surface area contributed by atoms with Gasteiger partial charge in [-0.05, 0) is 34.5 Å². The summed E-state index contributed by atoms with van der Waals surface area (Å²) in [6, 6.07) is 15.8. The summed E-state index contributed by atoms with van der Waals surface area (Å²) < 4.78 is 0. The Balaban J connectivity index is 1.77. The molecule has 3 aromatic carbocycles. The van der Waals surface area contributed by atoms with Gasteiger partial charge in [0.2, 0.25) is 5.91 Å². The maximum absolute atomic E-state index is 12.2. The average molecular weight is 424 g/mol. The van der Waals surface area contributed by atoms with Crippen molar-refractivity contribution in [1.82, 2.24) is 10.7 Å². The highest BCUT2D eigenvalue weighted by atomic mass is 35.5. The molecule has 0 aromatic heterocycles. The van der Waals surface area contributed by atoms with Gasteiger partial charge < -0.3 is 10.4 Å². The highest BCUT2D eigenvalue weighted by molar-refractivity contribution is 6.32. The second kappa shape index (κ2) is 9.41. The summed E-state index contributed by atoms with van der Waals surface area (Å²) in [5.41, 5.74) is 4.57. The van der Waals surface area contributed by atoms with Crippen LogP contribution in [0.2, 0.25) is 5.02 Å². The number of benzene rings is 3. The van der Waals surface area contributed by atoms with Gasteiger partial charge in [0.1, 0.15) is 5.75 Å². The molecule has 0 aliphatic heterocycles. The molecule has 3 rings (SSSR count). The van der Waals surface area contributed by atoms with Crippen LogP contribution in [0.5, 0.6) is 5.75 Å². The Morgan fingerprint density at radius 3 is 2.53 bits per heavy atom. The van der Waals surface area contributed by atoms with Crippen molar-refractivity contribution < 1.29 is 14.7 Å². The first-order chi connectivity index (χ1) is 14.4. The van der Waals surface area contributed by atoms with Gasteiger partial charge in [-0.2, -0.15) is 5.10 Å². The van der Waals surface area contributed by atoms with Crippen LogP contribution in [-0.2, 0) is 11.3 Å². The smallest absolute Gasteiger partial charge is 0.271 e. The highest BCUT2D eigenvalue weighted by Crippen LogP contribution is 2.24. The monoisotopic (exact) mass is 423 g/mol. The van der Waals surface area contributed by atoms with Crippen LogP contribution in [0.25, 0.3) is 10.8 Å². The summed E-state index contributed by atoms with van der Waals surface area (Å²) in [4.78, 5) is 24.1. The lowest BCUT2D eigenvalue weighted by Gasteiger charge is -2.11. The van der Waals surface area contributed by atoms with Crippen molar-refractivity contribution in [2.24, 2.45) is 11.0 Å². The molecule has 0 radical (unpaired) electrons. The highest BCUT2D eigenvalue weighted by Gasteiger charge is 2.10. The van der Waals surface area contributed by atoms with Gasteiger partial charge in [-0.15, -0.1) is 0 Å². The van der Waals surface area contributed by atoms with Crippen molar-refractivity contribution in [3.63, 3.8) is 0 Å². The third-order valence-corrected chi connectivity index (χ3v) is 4.91. The Bertz CT molecular complexity index is 1130. The van der Waals surface area contributed by atoms with Gasteiger partial charge in [0.05, 0.1) is 11.2 Å². The van der Waals surface area contributed by atoms with Crippen LogP contribution in [0.4, 0.5) is 0 Å². The zero-order valence-corrected chi connectivity index (χ0v) is 17.4. The molecule has 0 aliphatic rings. The van der Waals surface area contributed by atoms with Gasteiger partial charge in [-0.3, -0.25) is 9.59 Å². The van der Waals surface area contributed by atoms with E-state index in [-0.39, 0.29) is 28.2 Å². The number of rotatable bonds is 6.